The van der Waals surface area contributed by atoms with E-state index in [2.05, 4.69) is 10.3 Å². The first kappa shape index (κ1) is 23.9. The van der Waals surface area contributed by atoms with Gasteiger partial charge in [-0.25, -0.2) is 13.4 Å². The van der Waals surface area contributed by atoms with Crippen LogP contribution < -0.4 is 19.5 Å². The molecule has 1 fully saturated rings. The summed E-state index contributed by atoms with van der Waals surface area (Å²) in [6.45, 7) is 4.34. The second-order valence-electron chi connectivity index (χ2n) is 7.86. The molecule has 1 saturated heterocycles. The summed E-state index contributed by atoms with van der Waals surface area (Å²) >= 11 is 0. The van der Waals surface area contributed by atoms with E-state index >= 15 is 0 Å². The number of rotatable bonds is 8. The van der Waals surface area contributed by atoms with Crippen molar-refractivity contribution in [2.75, 3.05) is 39.7 Å². The van der Waals surface area contributed by atoms with Gasteiger partial charge in [-0.05, 0) is 26.7 Å². The van der Waals surface area contributed by atoms with Gasteiger partial charge in [0, 0.05) is 43.1 Å². The number of anilines is 1. The largest absolute Gasteiger partial charge is 0.493 e. The van der Waals surface area contributed by atoms with E-state index in [0.29, 0.717) is 42.3 Å². The lowest BCUT2D eigenvalue weighted by Gasteiger charge is -2.30. The summed E-state index contributed by atoms with van der Waals surface area (Å²) in [5.74, 6) is 0.479. The average Bonchev–Trinajstić information content (AvgIpc) is 3.30. The fourth-order valence-corrected chi connectivity index (χ4v) is 5.08. The molecule has 0 saturated carbocycles. The lowest BCUT2D eigenvalue weighted by atomic mass is 9.98. The van der Waals surface area contributed by atoms with Crippen LogP contribution in [0, 0.1) is 5.92 Å². The number of carbonyl (C=O) groups is 1. The molecule has 1 N–H and O–H groups in total. The predicted octanol–water partition coefficient (Wildman–Crippen LogP) is 2.53. The zero-order chi connectivity index (χ0) is 23.5. The molecule has 0 unspecified atom stereocenters. The maximum Gasteiger partial charge on any atom is 0.262 e. The van der Waals surface area contributed by atoms with Crippen LogP contribution in [0.3, 0.4) is 0 Å². The monoisotopic (exact) mass is 466 g/mol. The third-order valence-electron chi connectivity index (χ3n) is 5.47. The Morgan fingerprint density at radius 2 is 1.81 bits per heavy atom. The number of nitrogens with zero attached hydrogens (tertiary/aromatic N) is 3. The lowest BCUT2D eigenvalue weighted by Crippen LogP contribution is -2.43. The van der Waals surface area contributed by atoms with E-state index in [1.54, 1.807) is 16.7 Å². The topological polar surface area (TPSA) is 112 Å². The molecular weight excluding hydrogens is 436 g/mol. The van der Waals surface area contributed by atoms with Crippen LogP contribution in [0.15, 0.2) is 29.7 Å². The molecule has 0 bridgehead atoms. The Kier molecular flexibility index (Phi) is 7.29. The normalized spacial score (nSPS) is 17.2. The Balaban J connectivity index is 1.76. The molecule has 11 heteroatoms. The van der Waals surface area contributed by atoms with Crippen molar-refractivity contribution in [1.82, 2.24) is 13.9 Å². The van der Waals surface area contributed by atoms with Crippen LogP contribution in [0.4, 0.5) is 5.69 Å². The number of amides is 1. The average molecular weight is 467 g/mol. The third-order valence-corrected chi connectivity index (χ3v) is 7.22. The summed E-state index contributed by atoms with van der Waals surface area (Å²) < 4.78 is 45.1. The van der Waals surface area contributed by atoms with Crippen molar-refractivity contribution in [3.63, 3.8) is 0 Å². The molecule has 1 aromatic carbocycles. The van der Waals surface area contributed by atoms with Crippen molar-refractivity contribution in [3.8, 4) is 17.2 Å². The predicted molar refractivity (Wildman–Crippen MR) is 119 cm³/mol. The zero-order valence-electron chi connectivity index (χ0n) is 19.0. The fourth-order valence-electron chi connectivity index (χ4n) is 3.64. The number of carbonyl (C=O) groups excluding carboxylic acids is 1. The molecule has 0 spiro atoms. The maximum atomic E-state index is 13.1. The number of methoxy groups -OCH3 is 3. The van der Waals surface area contributed by atoms with E-state index in [1.807, 2.05) is 13.8 Å². The highest BCUT2D eigenvalue weighted by Gasteiger charge is 2.34. The highest BCUT2D eigenvalue weighted by Crippen LogP contribution is 2.40. The number of piperidine rings is 1. The van der Waals surface area contributed by atoms with Crippen molar-refractivity contribution in [1.29, 1.82) is 0 Å². The molecule has 1 atom stereocenters. The van der Waals surface area contributed by atoms with Crippen molar-refractivity contribution >= 4 is 21.6 Å². The van der Waals surface area contributed by atoms with E-state index < -0.39 is 15.9 Å². The summed E-state index contributed by atoms with van der Waals surface area (Å²) in [4.78, 5) is 17.0. The summed E-state index contributed by atoms with van der Waals surface area (Å²) in [6.07, 6.45) is 4.20. The van der Waals surface area contributed by atoms with Gasteiger partial charge in [0.2, 0.25) is 11.7 Å². The minimum Gasteiger partial charge on any atom is -0.493 e. The van der Waals surface area contributed by atoms with E-state index in [-0.39, 0.29) is 23.5 Å². The fraction of sp³-hybridized carbons (Fsp3) is 0.524. The Bertz CT molecular complexity index is 1040. The van der Waals surface area contributed by atoms with Crippen LogP contribution in [-0.2, 0) is 14.8 Å². The maximum absolute atomic E-state index is 13.1. The quantitative estimate of drug-likeness (QED) is 0.636. The molecule has 176 valence electrons. The Labute approximate surface area is 188 Å². The molecule has 0 radical (unpaired) electrons. The van der Waals surface area contributed by atoms with Crippen molar-refractivity contribution in [2.24, 2.45) is 5.92 Å². The summed E-state index contributed by atoms with van der Waals surface area (Å²) in [7, 11) is 0.707. The van der Waals surface area contributed by atoms with Gasteiger partial charge in [-0.2, -0.15) is 4.31 Å². The molecular formula is C21H30N4O6S. The standard InChI is InChI=1S/C21H30N4O6S/c1-14(2)24-12-19(22-13-24)32(27,28)25-8-6-7-15(11-25)21(26)23-16-9-17(29-3)20(31-5)18(10-16)30-4/h9-10,12-15H,6-8,11H2,1-5H3,(H,23,26)/t15-/m0/s1. The van der Waals surface area contributed by atoms with Gasteiger partial charge in [0.05, 0.1) is 33.6 Å². The smallest absolute Gasteiger partial charge is 0.262 e. The second-order valence-corrected chi connectivity index (χ2v) is 9.74. The van der Waals surface area contributed by atoms with Crippen molar-refractivity contribution < 1.29 is 27.4 Å². The number of ether oxygens (including phenoxy) is 3. The lowest BCUT2D eigenvalue weighted by molar-refractivity contribution is -0.120. The Morgan fingerprint density at radius 1 is 1.16 bits per heavy atom. The number of benzene rings is 1. The number of hydrogen-bond acceptors (Lipinski definition) is 7. The van der Waals surface area contributed by atoms with Gasteiger partial charge < -0.3 is 24.1 Å². The van der Waals surface area contributed by atoms with Gasteiger partial charge in [-0.3, -0.25) is 4.79 Å². The SMILES string of the molecule is COc1cc(NC(=O)[C@H]2CCCN(S(=O)(=O)c3cn(C(C)C)cn3)C2)cc(OC)c1OC. The third kappa shape index (κ3) is 4.83. The van der Waals surface area contributed by atoms with Crippen LogP contribution in [0.2, 0.25) is 0 Å². The highest BCUT2D eigenvalue weighted by atomic mass is 32.2. The van der Waals surface area contributed by atoms with Gasteiger partial charge in [-0.1, -0.05) is 0 Å². The zero-order valence-corrected chi connectivity index (χ0v) is 19.8. The molecule has 10 nitrogen and oxygen atoms in total. The minimum atomic E-state index is -3.78. The first-order chi connectivity index (χ1) is 15.2. The molecule has 3 rings (SSSR count). The van der Waals surface area contributed by atoms with Gasteiger partial charge >= 0.3 is 0 Å². The van der Waals surface area contributed by atoms with Crippen LogP contribution in [0.25, 0.3) is 0 Å². The molecule has 2 heterocycles. The number of hydrogen-bond donors (Lipinski definition) is 1. The molecule has 1 aliphatic heterocycles. The number of imidazole rings is 1. The highest BCUT2D eigenvalue weighted by molar-refractivity contribution is 7.89. The summed E-state index contributed by atoms with van der Waals surface area (Å²) in [5.41, 5.74) is 0.472. The van der Waals surface area contributed by atoms with Gasteiger partial charge in [0.15, 0.2) is 16.5 Å². The summed E-state index contributed by atoms with van der Waals surface area (Å²) in [5, 5.41) is 2.84. The van der Waals surface area contributed by atoms with Crippen LogP contribution in [0.1, 0.15) is 32.7 Å². The van der Waals surface area contributed by atoms with Gasteiger partial charge in [0.1, 0.15) is 0 Å². The summed E-state index contributed by atoms with van der Waals surface area (Å²) in [6, 6.07) is 3.37. The molecule has 2 aromatic rings. The Hall–Kier alpha value is -2.79. The molecule has 0 aliphatic carbocycles. The number of aromatic nitrogens is 2. The van der Waals surface area contributed by atoms with Gasteiger partial charge in [0.25, 0.3) is 10.0 Å². The van der Waals surface area contributed by atoms with E-state index in [4.69, 9.17) is 14.2 Å². The molecule has 1 aromatic heterocycles. The van der Waals surface area contributed by atoms with E-state index in [1.165, 1.54) is 38.2 Å². The first-order valence-corrected chi connectivity index (χ1v) is 11.8. The second kappa shape index (κ2) is 9.78. The van der Waals surface area contributed by atoms with Crippen molar-refractivity contribution in [3.05, 3.63) is 24.7 Å². The van der Waals surface area contributed by atoms with E-state index in [9.17, 15) is 13.2 Å². The Morgan fingerprint density at radius 3 is 2.34 bits per heavy atom. The molecule has 1 amide bonds. The van der Waals surface area contributed by atoms with Crippen LogP contribution in [0.5, 0.6) is 17.2 Å². The van der Waals surface area contributed by atoms with Crippen LogP contribution in [-0.4, -0.2) is 62.6 Å². The van der Waals surface area contributed by atoms with Crippen LogP contribution >= 0.6 is 0 Å². The first-order valence-electron chi connectivity index (χ1n) is 10.4. The number of nitrogens with one attached hydrogen (secondary N) is 1. The number of sulfonamides is 1. The molecule has 1 aliphatic rings. The van der Waals surface area contributed by atoms with Gasteiger partial charge in [-0.15, -0.1) is 0 Å². The van der Waals surface area contributed by atoms with E-state index in [0.717, 1.165) is 0 Å². The minimum absolute atomic E-state index is 0.00288. The molecule has 32 heavy (non-hydrogen) atoms. The van der Waals surface area contributed by atoms with Crippen molar-refractivity contribution in [2.45, 2.75) is 37.8 Å².